The van der Waals surface area contributed by atoms with Crippen molar-refractivity contribution in [1.82, 2.24) is 5.43 Å². The molecule has 0 radical (unpaired) electrons. The highest BCUT2D eigenvalue weighted by Gasteiger charge is 2.04. The molecule has 0 fully saturated rings. The summed E-state index contributed by atoms with van der Waals surface area (Å²) in [5, 5.41) is 0.765. The van der Waals surface area contributed by atoms with E-state index in [9.17, 15) is 0 Å². The summed E-state index contributed by atoms with van der Waals surface area (Å²) < 4.78 is 0. The van der Waals surface area contributed by atoms with Crippen LogP contribution in [0.2, 0.25) is 5.02 Å². The standard InChI is InChI=1S/C11H15ClN2S/c1-2-4-10(14-13)8-15-11-6-3-5-9(12)7-11/h2-3,5-7,10,14H,1,4,8,13H2. The molecular weight excluding hydrogens is 228 g/mol. The minimum atomic E-state index is 0.256. The first kappa shape index (κ1) is 12.6. The molecule has 15 heavy (non-hydrogen) atoms. The van der Waals surface area contributed by atoms with E-state index in [1.807, 2.05) is 30.3 Å². The molecule has 1 atom stereocenters. The van der Waals surface area contributed by atoms with Gasteiger partial charge < -0.3 is 0 Å². The number of hydrogen-bond donors (Lipinski definition) is 2. The first-order valence-electron chi connectivity index (χ1n) is 4.71. The van der Waals surface area contributed by atoms with Crippen molar-refractivity contribution in [2.24, 2.45) is 5.84 Å². The molecule has 0 aromatic heterocycles. The first-order chi connectivity index (χ1) is 7.26. The van der Waals surface area contributed by atoms with Gasteiger partial charge in [-0.15, -0.1) is 18.3 Å². The van der Waals surface area contributed by atoms with Crippen LogP contribution in [0.25, 0.3) is 0 Å². The van der Waals surface area contributed by atoms with Crippen LogP contribution in [0.15, 0.2) is 41.8 Å². The molecule has 4 heteroatoms. The highest BCUT2D eigenvalue weighted by Crippen LogP contribution is 2.22. The van der Waals surface area contributed by atoms with Gasteiger partial charge in [-0.1, -0.05) is 23.7 Å². The quantitative estimate of drug-likeness (QED) is 0.349. The maximum atomic E-state index is 5.89. The van der Waals surface area contributed by atoms with Gasteiger partial charge >= 0.3 is 0 Å². The Bertz CT molecular complexity index is 317. The van der Waals surface area contributed by atoms with Crippen molar-refractivity contribution in [2.45, 2.75) is 17.4 Å². The molecule has 0 amide bonds. The lowest BCUT2D eigenvalue weighted by molar-refractivity contribution is 0.585. The minimum Gasteiger partial charge on any atom is -0.271 e. The van der Waals surface area contributed by atoms with Crippen molar-refractivity contribution >= 4 is 23.4 Å². The number of hydrogen-bond acceptors (Lipinski definition) is 3. The zero-order chi connectivity index (χ0) is 11.1. The van der Waals surface area contributed by atoms with Crippen LogP contribution in [-0.2, 0) is 0 Å². The van der Waals surface area contributed by atoms with Crippen molar-refractivity contribution in [2.75, 3.05) is 5.75 Å². The van der Waals surface area contributed by atoms with Crippen LogP contribution >= 0.6 is 23.4 Å². The summed E-state index contributed by atoms with van der Waals surface area (Å²) in [6, 6.07) is 8.06. The molecule has 0 saturated heterocycles. The molecule has 0 aliphatic heterocycles. The molecule has 0 aliphatic rings. The van der Waals surface area contributed by atoms with Gasteiger partial charge in [0.1, 0.15) is 0 Å². The van der Waals surface area contributed by atoms with Crippen LogP contribution in [0.4, 0.5) is 0 Å². The number of hydrazine groups is 1. The normalized spacial score (nSPS) is 12.4. The van der Waals surface area contributed by atoms with Crippen LogP contribution < -0.4 is 11.3 Å². The Labute approximate surface area is 99.9 Å². The molecule has 1 aromatic rings. The highest BCUT2D eigenvalue weighted by atomic mass is 35.5. The Balaban J connectivity index is 2.44. The summed E-state index contributed by atoms with van der Waals surface area (Å²) in [6.45, 7) is 3.69. The number of thioether (sulfide) groups is 1. The third kappa shape index (κ3) is 4.71. The molecule has 2 nitrogen and oxygen atoms in total. The summed E-state index contributed by atoms with van der Waals surface area (Å²) in [7, 11) is 0. The summed E-state index contributed by atoms with van der Waals surface area (Å²) >= 11 is 7.62. The van der Waals surface area contributed by atoms with Crippen LogP contribution in [0.3, 0.4) is 0 Å². The Morgan fingerprint density at radius 3 is 3.00 bits per heavy atom. The van der Waals surface area contributed by atoms with Gasteiger partial charge in [0, 0.05) is 21.7 Å². The summed E-state index contributed by atoms with van der Waals surface area (Å²) in [6.07, 6.45) is 2.73. The largest absolute Gasteiger partial charge is 0.271 e. The molecule has 0 bridgehead atoms. The van der Waals surface area contributed by atoms with E-state index in [4.69, 9.17) is 17.4 Å². The van der Waals surface area contributed by atoms with Crippen molar-refractivity contribution in [3.63, 3.8) is 0 Å². The lowest BCUT2D eigenvalue weighted by atomic mass is 10.2. The van der Waals surface area contributed by atoms with Crippen LogP contribution in [-0.4, -0.2) is 11.8 Å². The van der Waals surface area contributed by atoms with Crippen LogP contribution in [0.5, 0.6) is 0 Å². The monoisotopic (exact) mass is 242 g/mol. The van der Waals surface area contributed by atoms with Gasteiger partial charge in [-0.3, -0.25) is 11.3 Å². The lowest BCUT2D eigenvalue weighted by Crippen LogP contribution is -2.36. The summed E-state index contributed by atoms with van der Waals surface area (Å²) in [5.41, 5.74) is 2.76. The van der Waals surface area contributed by atoms with Gasteiger partial charge in [0.15, 0.2) is 0 Å². The molecule has 1 unspecified atom stereocenters. The topological polar surface area (TPSA) is 38.0 Å². The third-order valence-electron chi connectivity index (χ3n) is 1.93. The summed E-state index contributed by atoms with van der Waals surface area (Å²) in [5.74, 6) is 6.32. The summed E-state index contributed by atoms with van der Waals surface area (Å²) in [4.78, 5) is 1.16. The molecule has 3 N–H and O–H groups in total. The smallest absolute Gasteiger partial charge is 0.0417 e. The van der Waals surface area contributed by atoms with E-state index in [0.29, 0.717) is 0 Å². The van der Waals surface area contributed by atoms with E-state index < -0.39 is 0 Å². The fraction of sp³-hybridized carbons (Fsp3) is 0.273. The Kier molecular flexibility index (Phi) is 5.79. The van der Waals surface area contributed by atoms with Gasteiger partial charge in [-0.2, -0.15) is 0 Å². The molecule has 1 aromatic carbocycles. The molecule has 1 rings (SSSR count). The Morgan fingerprint density at radius 1 is 1.60 bits per heavy atom. The second kappa shape index (κ2) is 6.90. The lowest BCUT2D eigenvalue weighted by Gasteiger charge is -2.12. The predicted octanol–water partition coefficient (Wildman–Crippen LogP) is 2.84. The Morgan fingerprint density at radius 2 is 2.40 bits per heavy atom. The number of halogens is 1. The second-order valence-electron chi connectivity index (χ2n) is 3.16. The molecule has 0 heterocycles. The number of rotatable bonds is 6. The molecule has 0 spiro atoms. The van der Waals surface area contributed by atoms with Gasteiger partial charge in [-0.05, 0) is 24.6 Å². The SMILES string of the molecule is C=CCC(CSc1cccc(Cl)c1)NN. The Hall–Kier alpha value is -0.480. The number of nitrogens with two attached hydrogens (primary N) is 1. The van der Waals surface area contributed by atoms with Gasteiger partial charge in [0.05, 0.1) is 0 Å². The van der Waals surface area contributed by atoms with E-state index in [2.05, 4.69) is 12.0 Å². The minimum absolute atomic E-state index is 0.256. The zero-order valence-corrected chi connectivity index (χ0v) is 10.0. The van der Waals surface area contributed by atoms with Crippen molar-refractivity contribution in [3.05, 3.63) is 41.9 Å². The van der Waals surface area contributed by atoms with Gasteiger partial charge in [-0.25, -0.2) is 0 Å². The van der Waals surface area contributed by atoms with Crippen molar-refractivity contribution < 1.29 is 0 Å². The van der Waals surface area contributed by atoms with Crippen LogP contribution in [0.1, 0.15) is 6.42 Å². The van der Waals surface area contributed by atoms with Gasteiger partial charge in [0.25, 0.3) is 0 Å². The molecular formula is C11H15ClN2S. The first-order valence-corrected chi connectivity index (χ1v) is 6.08. The van der Waals surface area contributed by atoms with Gasteiger partial charge in [0.2, 0.25) is 0 Å². The number of nitrogens with one attached hydrogen (secondary N) is 1. The maximum absolute atomic E-state index is 5.89. The van der Waals surface area contributed by atoms with E-state index in [1.54, 1.807) is 11.8 Å². The fourth-order valence-electron chi connectivity index (χ4n) is 1.14. The third-order valence-corrected chi connectivity index (χ3v) is 3.33. The zero-order valence-electron chi connectivity index (χ0n) is 8.45. The molecule has 82 valence electrons. The molecule has 0 aliphatic carbocycles. The second-order valence-corrected chi connectivity index (χ2v) is 4.69. The maximum Gasteiger partial charge on any atom is 0.0417 e. The fourth-order valence-corrected chi connectivity index (χ4v) is 2.40. The number of benzene rings is 1. The van der Waals surface area contributed by atoms with E-state index in [0.717, 1.165) is 22.1 Å². The van der Waals surface area contributed by atoms with E-state index >= 15 is 0 Å². The van der Waals surface area contributed by atoms with Crippen molar-refractivity contribution in [1.29, 1.82) is 0 Å². The predicted molar refractivity (Wildman–Crippen MR) is 68.1 cm³/mol. The van der Waals surface area contributed by atoms with E-state index in [1.165, 1.54) is 0 Å². The average Bonchev–Trinajstić information content (AvgIpc) is 2.24. The average molecular weight is 243 g/mol. The van der Waals surface area contributed by atoms with Crippen molar-refractivity contribution in [3.8, 4) is 0 Å². The van der Waals surface area contributed by atoms with E-state index in [-0.39, 0.29) is 6.04 Å². The van der Waals surface area contributed by atoms with Crippen LogP contribution in [0, 0.1) is 0 Å². The highest BCUT2D eigenvalue weighted by molar-refractivity contribution is 7.99. The molecule has 0 saturated carbocycles.